The molecular weight excluding hydrogens is 379 g/mol. The Morgan fingerprint density at radius 3 is 2.72 bits per heavy atom. The number of hydrogen-bond donors (Lipinski definition) is 1. The van der Waals surface area contributed by atoms with E-state index in [1.165, 1.54) is 23.4 Å². The summed E-state index contributed by atoms with van der Waals surface area (Å²) in [5.74, 6) is -0.944. The van der Waals surface area contributed by atoms with Gasteiger partial charge in [-0.25, -0.2) is 19.4 Å². The molecular formula is C19H21FN6O3. The van der Waals surface area contributed by atoms with Crippen LogP contribution in [0.2, 0.25) is 0 Å². The average molecular weight is 400 g/mol. The highest BCUT2D eigenvalue weighted by atomic mass is 19.1. The van der Waals surface area contributed by atoms with Gasteiger partial charge in [-0.15, -0.1) is 0 Å². The Hall–Kier alpha value is -3.14. The first-order valence-electron chi connectivity index (χ1n) is 9.47. The van der Waals surface area contributed by atoms with Crippen molar-refractivity contribution in [1.82, 2.24) is 20.0 Å². The Bertz CT molecular complexity index is 918. The SMILES string of the molecule is NC(=O)c1ccnc(N2CCC(C(=O)N3OCC[C@H]3c3cncc(F)c3)CC2)n1. The zero-order valence-electron chi connectivity index (χ0n) is 15.7. The van der Waals surface area contributed by atoms with E-state index in [0.717, 1.165) is 6.20 Å². The second-order valence-electron chi connectivity index (χ2n) is 7.11. The highest BCUT2D eigenvalue weighted by Gasteiger charge is 2.37. The zero-order chi connectivity index (χ0) is 20.4. The van der Waals surface area contributed by atoms with Crippen LogP contribution >= 0.6 is 0 Å². The molecule has 1 atom stereocenters. The Morgan fingerprint density at radius 1 is 1.21 bits per heavy atom. The van der Waals surface area contributed by atoms with Crippen LogP contribution in [0.15, 0.2) is 30.7 Å². The van der Waals surface area contributed by atoms with E-state index in [-0.39, 0.29) is 23.6 Å². The number of pyridine rings is 1. The lowest BCUT2D eigenvalue weighted by atomic mass is 9.95. The summed E-state index contributed by atoms with van der Waals surface area (Å²) in [5.41, 5.74) is 6.06. The summed E-state index contributed by atoms with van der Waals surface area (Å²) in [6.07, 6.45) is 5.98. The molecule has 2 aliphatic rings. The van der Waals surface area contributed by atoms with Crippen molar-refractivity contribution < 1.29 is 18.8 Å². The van der Waals surface area contributed by atoms with Crippen LogP contribution in [0.25, 0.3) is 0 Å². The van der Waals surface area contributed by atoms with Gasteiger partial charge in [0, 0.05) is 37.8 Å². The van der Waals surface area contributed by atoms with Crippen LogP contribution < -0.4 is 10.6 Å². The molecule has 152 valence electrons. The summed E-state index contributed by atoms with van der Waals surface area (Å²) in [6.45, 7) is 1.54. The molecule has 2 fully saturated rings. The van der Waals surface area contributed by atoms with Gasteiger partial charge in [0.2, 0.25) is 11.9 Å². The second-order valence-corrected chi connectivity index (χ2v) is 7.11. The van der Waals surface area contributed by atoms with Gasteiger partial charge in [-0.3, -0.25) is 19.4 Å². The van der Waals surface area contributed by atoms with Gasteiger partial charge in [0.05, 0.1) is 18.8 Å². The highest BCUT2D eigenvalue weighted by Crippen LogP contribution is 2.33. The Labute approximate surface area is 166 Å². The van der Waals surface area contributed by atoms with E-state index in [2.05, 4.69) is 15.0 Å². The van der Waals surface area contributed by atoms with Crippen LogP contribution in [0.3, 0.4) is 0 Å². The Morgan fingerprint density at radius 2 is 2.00 bits per heavy atom. The van der Waals surface area contributed by atoms with Crippen molar-refractivity contribution in [3.8, 4) is 0 Å². The number of amides is 2. The monoisotopic (exact) mass is 400 g/mol. The minimum Gasteiger partial charge on any atom is -0.364 e. The number of nitrogens with zero attached hydrogens (tertiary/aromatic N) is 5. The van der Waals surface area contributed by atoms with E-state index in [1.807, 2.05) is 4.90 Å². The number of piperidine rings is 1. The van der Waals surface area contributed by atoms with Gasteiger partial charge in [-0.1, -0.05) is 0 Å². The molecule has 2 saturated heterocycles. The van der Waals surface area contributed by atoms with Gasteiger partial charge >= 0.3 is 0 Å². The van der Waals surface area contributed by atoms with E-state index in [1.54, 1.807) is 6.20 Å². The third-order valence-electron chi connectivity index (χ3n) is 5.26. The van der Waals surface area contributed by atoms with Crippen LogP contribution in [0, 0.1) is 11.7 Å². The summed E-state index contributed by atoms with van der Waals surface area (Å²) >= 11 is 0. The molecule has 9 nitrogen and oxygen atoms in total. The number of carbonyl (C=O) groups excluding carboxylic acids is 2. The number of hydroxylamine groups is 2. The Balaban J connectivity index is 1.41. The van der Waals surface area contributed by atoms with E-state index in [9.17, 15) is 14.0 Å². The van der Waals surface area contributed by atoms with Crippen molar-refractivity contribution in [2.75, 3.05) is 24.6 Å². The third kappa shape index (κ3) is 4.02. The normalized spacial score (nSPS) is 20.1. The van der Waals surface area contributed by atoms with E-state index >= 15 is 0 Å². The predicted octanol–water partition coefficient (Wildman–Crippen LogP) is 1.23. The van der Waals surface area contributed by atoms with Gasteiger partial charge < -0.3 is 10.6 Å². The van der Waals surface area contributed by atoms with Gasteiger partial charge in [0.15, 0.2) is 0 Å². The summed E-state index contributed by atoms with van der Waals surface area (Å²) in [4.78, 5) is 44.1. The molecule has 2 amide bonds. The molecule has 0 aliphatic carbocycles. The molecule has 0 radical (unpaired) electrons. The van der Waals surface area contributed by atoms with Crippen LogP contribution in [-0.2, 0) is 9.63 Å². The Kier molecular flexibility index (Phi) is 5.34. The fourth-order valence-corrected chi connectivity index (χ4v) is 3.74. The number of rotatable bonds is 4. The van der Waals surface area contributed by atoms with Crippen molar-refractivity contribution in [3.63, 3.8) is 0 Å². The van der Waals surface area contributed by atoms with E-state index in [0.29, 0.717) is 50.5 Å². The van der Waals surface area contributed by atoms with Crippen molar-refractivity contribution in [3.05, 3.63) is 47.8 Å². The van der Waals surface area contributed by atoms with E-state index < -0.39 is 11.7 Å². The first kappa shape index (κ1) is 19.2. The molecule has 2 aliphatic heterocycles. The molecule has 4 rings (SSSR count). The summed E-state index contributed by atoms with van der Waals surface area (Å²) < 4.78 is 13.5. The number of aromatic nitrogens is 3. The van der Waals surface area contributed by atoms with Crippen molar-refractivity contribution >= 4 is 17.8 Å². The summed E-state index contributed by atoms with van der Waals surface area (Å²) in [7, 11) is 0. The van der Waals surface area contributed by atoms with Crippen LogP contribution in [0.5, 0.6) is 0 Å². The number of halogens is 1. The predicted molar refractivity (Wildman–Crippen MR) is 99.8 cm³/mol. The maximum atomic E-state index is 13.5. The molecule has 10 heteroatoms. The second kappa shape index (κ2) is 8.08. The third-order valence-corrected chi connectivity index (χ3v) is 5.26. The number of nitrogens with two attached hydrogens (primary N) is 1. The molecule has 4 heterocycles. The summed E-state index contributed by atoms with van der Waals surface area (Å²) in [5, 5.41) is 1.38. The first-order chi connectivity index (χ1) is 14.0. The van der Waals surface area contributed by atoms with Crippen LogP contribution in [0.4, 0.5) is 10.3 Å². The average Bonchev–Trinajstić information content (AvgIpc) is 3.23. The van der Waals surface area contributed by atoms with Crippen molar-refractivity contribution in [2.45, 2.75) is 25.3 Å². The lowest BCUT2D eigenvalue weighted by molar-refractivity contribution is -0.182. The highest BCUT2D eigenvalue weighted by molar-refractivity contribution is 5.90. The minimum atomic E-state index is -0.609. The molecule has 0 spiro atoms. The molecule has 2 aromatic rings. The summed E-state index contributed by atoms with van der Waals surface area (Å²) in [6, 6.07) is 2.52. The largest absolute Gasteiger partial charge is 0.364 e. The molecule has 0 saturated carbocycles. The molecule has 0 bridgehead atoms. The zero-order valence-corrected chi connectivity index (χ0v) is 15.7. The van der Waals surface area contributed by atoms with Crippen LogP contribution in [-0.4, -0.2) is 51.5 Å². The van der Waals surface area contributed by atoms with Crippen molar-refractivity contribution in [1.29, 1.82) is 0 Å². The van der Waals surface area contributed by atoms with E-state index in [4.69, 9.17) is 10.6 Å². The lowest BCUT2D eigenvalue weighted by Gasteiger charge is -2.34. The number of carbonyl (C=O) groups is 2. The lowest BCUT2D eigenvalue weighted by Crippen LogP contribution is -2.42. The number of hydrogen-bond acceptors (Lipinski definition) is 7. The van der Waals surface area contributed by atoms with Gasteiger partial charge in [0.25, 0.3) is 5.91 Å². The molecule has 2 aromatic heterocycles. The molecule has 2 N–H and O–H groups in total. The minimum absolute atomic E-state index is 0.108. The van der Waals surface area contributed by atoms with Gasteiger partial charge in [-0.2, -0.15) is 0 Å². The first-order valence-corrected chi connectivity index (χ1v) is 9.47. The van der Waals surface area contributed by atoms with Gasteiger partial charge in [-0.05, 0) is 30.5 Å². The maximum Gasteiger partial charge on any atom is 0.267 e. The molecule has 0 unspecified atom stereocenters. The quantitative estimate of drug-likeness (QED) is 0.821. The van der Waals surface area contributed by atoms with Gasteiger partial charge in [0.1, 0.15) is 11.5 Å². The van der Waals surface area contributed by atoms with Crippen LogP contribution in [0.1, 0.15) is 41.4 Å². The number of primary amides is 1. The topological polar surface area (TPSA) is 115 Å². The van der Waals surface area contributed by atoms with Crippen molar-refractivity contribution in [2.24, 2.45) is 11.7 Å². The smallest absolute Gasteiger partial charge is 0.267 e. The number of anilines is 1. The fraction of sp³-hybridized carbons (Fsp3) is 0.421. The molecule has 0 aromatic carbocycles. The standard InChI is InChI=1S/C19H21FN6O3/c20-14-9-13(10-22-11-14)16-4-8-29-26(16)18(28)12-2-6-25(7-3-12)19-23-5-1-15(24-19)17(21)27/h1,5,9-12,16H,2-4,6-8H2,(H2,21,27)/t16-/m0/s1. The fourth-order valence-electron chi connectivity index (χ4n) is 3.74. The maximum absolute atomic E-state index is 13.5. The molecule has 29 heavy (non-hydrogen) atoms.